The van der Waals surface area contributed by atoms with Crippen LogP contribution in [0.5, 0.6) is 11.5 Å². The van der Waals surface area contributed by atoms with E-state index in [9.17, 15) is 20.1 Å². The third-order valence-corrected chi connectivity index (χ3v) is 5.68. The van der Waals surface area contributed by atoms with Crippen molar-refractivity contribution in [1.29, 1.82) is 0 Å². The predicted octanol–water partition coefficient (Wildman–Crippen LogP) is 7.67. The van der Waals surface area contributed by atoms with Gasteiger partial charge in [-0.3, -0.25) is 0 Å². The Morgan fingerprint density at radius 3 is 1.39 bits per heavy atom. The maximum atomic E-state index is 11.2. The predicted molar refractivity (Wildman–Crippen MR) is 138 cm³/mol. The van der Waals surface area contributed by atoms with Crippen molar-refractivity contribution in [2.45, 2.75) is 105 Å². The molecule has 0 aliphatic heterocycles. The first kappa shape index (κ1) is 28.5. The number of carbonyl (C=O) groups is 1. The Kier molecular flexibility index (Phi) is 8.13. The summed E-state index contributed by atoms with van der Waals surface area (Å²) in [7, 11) is 0. The third kappa shape index (κ3) is 7.52. The number of aromatic carboxylic acids is 1. The monoisotopic (exact) mass is 456 g/mol. The number of phenolic OH excluding ortho intramolecular Hbond substituents is 1. The number of aromatic hydroxyl groups is 2. The van der Waals surface area contributed by atoms with Gasteiger partial charge in [-0.15, -0.1) is 0 Å². The summed E-state index contributed by atoms with van der Waals surface area (Å²) in [6.45, 7) is 24.9. The molecule has 4 heteroatoms. The Bertz CT molecular complexity index is 988. The smallest absolute Gasteiger partial charge is 0.339 e. The summed E-state index contributed by atoms with van der Waals surface area (Å²) in [5.74, 6) is -0.817. The van der Waals surface area contributed by atoms with Crippen molar-refractivity contribution in [3.63, 3.8) is 0 Å². The van der Waals surface area contributed by atoms with Gasteiger partial charge in [-0.1, -0.05) is 101 Å². The molecule has 0 heterocycles. The fourth-order valence-electron chi connectivity index (χ4n) is 3.41. The minimum atomic E-state index is -1.09. The third-order valence-electron chi connectivity index (χ3n) is 5.68. The fourth-order valence-corrected chi connectivity index (χ4v) is 3.41. The summed E-state index contributed by atoms with van der Waals surface area (Å²) in [4.78, 5) is 11.2. The fraction of sp³-hybridized carbons (Fsp3) is 0.552. The molecule has 33 heavy (non-hydrogen) atoms. The number of hydrogen-bond donors (Lipinski definition) is 3. The summed E-state index contributed by atoms with van der Waals surface area (Å²) < 4.78 is 0. The van der Waals surface area contributed by atoms with Gasteiger partial charge in [0.15, 0.2) is 0 Å². The van der Waals surface area contributed by atoms with Crippen molar-refractivity contribution in [2.24, 2.45) is 0 Å². The van der Waals surface area contributed by atoms with E-state index in [0.29, 0.717) is 11.3 Å². The molecule has 0 bridgehead atoms. The van der Waals surface area contributed by atoms with Gasteiger partial charge in [-0.2, -0.15) is 0 Å². The molecule has 184 valence electrons. The van der Waals surface area contributed by atoms with Crippen LogP contribution in [0.25, 0.3) is 0 Å². The highest BCUT2D eigenvalue weighted by molar-refractivity contribution is 5.91. The molecule has 0 saturated heterocycles. The summed E-state index contributed by atoms with van der Waals surface area (Å²) >= 11 is 0. The zero-order valence-electron chi connectivity index (χ0n) is 22.6. The molecule has 0 radical (unpaired) electrons. The molecule has 2 rings (SSSR count). The van der Waals surface area contributed by atoms with E-state index in [1.807, 2.05) is 53.7 Å². The van der Waals surface area contributed by atoms with Gasteiger partial charge in [-0.25, -0.2) is 4.79 Å². The van der Waals surface area contributed by atoms with Crippen molar-refractivity contribution < 1.29 is 20.1 Å². The first-order valence-electron chi connectivity index (χ1n) is 11.5. The number of carboxylic acids is 1. The highest BCUT2D eigenvalue weighted by Gasteiger charge is 2.27. The molecule has 2 aromatic rings. The van der Waals surface area contributed by atoms with Crippen molar-refractivity contribution in [1.82, 2.24) is 0 Å². The van der Waals surface area contributed by atoms with E-state index in [-0.39, 0.29) is 33.0 Å². The molecule has 0 atom stereocenters. The topological polar surface area (TPSA) is 77.8 Å². The van der Waals surface area contributed by atoms with E-state index in [1.54, 1.807) is 12.1 Å². The van der Waals surface area contributed by atoms with Crippen LogP contribution in [-0.2, 0) is 21.7 Å². The molecular weight excluding hydrogens is 412 g/mol. The van der Waals surface area contributed by atoms with Crippen molar-refractivity contribution in [3.05, 3.63) is 58.1 Å². The first-order chi connectivity index (χ1) is 14.6. The lowest BCUT2D eigenvalue weighted by molar-refractivity contribution is 0.0693. The van der Waals surface area contributed by atoms with Crippen molar-refractivity contribution in [2.75, 3.05) is 0 Å². The Balaban J connectivity index is 0.000000335. The van der Waals surface area contributed by atoms with E-state index in [2.05, 4.69) is 47.6 Å². The van der Waals surface area contributed by atoms with E-state index >= 15 is 0 Å². The minimum absolute atomic E-state index is 0.00859. The normalized spacial score (nSPS) is 12.7. The molecular formula is C29H44O4. The van der Waals surface area contributed by atoms with Crippen LogP contribution in [-0.4, -0.2) is 21.3 Å². The second-order valence-corrected chi connectivity index (χ2v) is 13.0. The maximum absolute atomic E-state index is 11.2. The average molecular weight is 457 g/mol. The van der Waals surface area contributed by atoms with Crippen molar-refractivity contribution in [3.8, 4) is 11.5 Å². The molecule has 0 saturated carbocycles. The summed E-state index contributed by atoms with van der Waals surface area (Å²) in [6.07, 6.45) is 0. The zero-order valence-corrected chi connectivity index (χ0v) is 22.6. The molecule has 0 unspecified atom stereocenters. The first-order valence-corrected chi connectivity index (χ1v) is 11.5. The average Bonchev–Trinajstić information content (AvgIpc) is 2.58. The molecule has 4 nitrogen and oxygen atoms in total. The molecule has 0 aliphatic rings. The Morgan fingerprint density at radius 2 is 1.03 bits per heavy atom. The number of phenols is 2. The lowest BCUT2D eigenvalue weighted by Gasteiger charge is -2.26. The number of benzene rings is 2. The summed E-state index contributed by atoms with van der Waals surface area (Å²) in [5, 5.41) is 29.1. The van der Waals surface area contributed by atoms with E-state index in [1.165, 1.54) is 5.56 Å². The zero-order chi connectivity index (χ0) is 26.2. The second kappa shape index (κ2) is 9.40. The number of hydrogen-bond acceptors (Lipinski definition) is 3. The van der Waals surface area contributed by atoms with Gasteiger partial charge in [-0.05, 0) is 50.5 Å². The second-order valence-electron chi connectivity index (χ2n) is 13.0. The van der Waals surface area contributed by atoms with Gasteiger partial charge < -0.3 is 15.3 Å². The number of carboxylic acid groups (broad SMARTS) is 1. The van der Waals surface area contributed by atoms with Gasteiger partial charge >= 0.3 is 5.97 Å². The van der Waals surface area contributed by atoms with Gasteiger partial charge in [0.05, 0.1) is 0 Å². The van der Waals surface area contributed by atoms with E-state index in [4.69, 9.17) is 0 Å². The molecule has 0 fully saturated rings. The minimum Gasteiger partial charge on any atom is -0.508 e. The van der Waals surface area contributed by atoms with Gasteiger partial charge in [0, 0.05) is 5.56 Å². The van der Waals surface area contributed by atoms with Gasteiger partial charge in [0.2, 0.25) is 0 Å². The Morgan fingerprint density at radius 1 is 0.606 bits per heavy atom. The molecule has 0 aromatic heterocycles. The molecule has 0 spiro atoms. The van der Waals surface area contributed by atoms with Crippen LogP contribution in [0.2, 0.25) is 0 Å². The van der Waals surface area contributed by atoms with E-state index in [0.717, 1.165) is 11.1 Å². The standard InChI is InChI=1S/C15H22O3.C14H22O/c1-14(2,3)9-7-10(13(17)18)12(16)11(8-9)15(4,5)6;1-13(2,3)10-7-8-12(15)11(9-10)14(4,5)6/h7-8,16H,1-6H3,(H,17,18);7-9,15H,1-6H3. The van der Waals surface area contributed by atoms with Crippen LogP contribution in [0.4, 0.5) is 0 Å². The van der Waals surface area contributed by atoms with Crippen LogP contribution in [0.1, 0.15) is 116 Å². The van der Waals surface area contributed by atoms with Crippen LogP contribution in [0.15, 0.2) is 30.3 Å². The van der Waals surface area contributed by atoms with E-state index < -0.39 is 5.97 Å². The Labute approximate surface area is 200 Å². The Hall–Kier alpha value is -2.49. The molecule has 3 N–H and O–H groups in total. The SMILES string of the molecule is CC(C)(C)c1cc(C(=O)O)c(O)c(C(C)(C)C)c1.CC(C)(C)c1ccc(O)c(C(C)(C)C)c1. The lowest BCUT2D eigenvalue weighted by Crippen LogP contribution is -2.18. The van der Waals surface area contributed by atoms with Crippen LogP contribution in [0, 0.1) is 0 Å². The molecule has 0 amide bonds. The van der Waals surface area contributed by atoms with Crippen LogP contribution in [0.3, 0.4) is 0 Å². The number of rotatable bonds is 1. The highest BCUT2D eigenvalue weighted by atomic mass is 16.4. The van der Waals surface area contributed by atoms with Gasteiger partial charge in [0.1, 0.15) is 17.1 Å². The van der Waals surface area contributed by atoms with Crippen LogP contribution < -0.4 is 0 Å². The van der Waals surface area contributed by atoms with Crippen molar-refractivity contribution >= 4 is 5.97 Å². The summed E-state index contributed by atoms with van der Waals surface area (Å²) in [6, 6.07) is 9.40. The lowest BCUT2D eigenvalue weighted by atomic mass is 9.79. The molecule has 2 aromatic carbocycles. The summed E-state index contributed by atoms with van der Waals surface area (Å²) in [5.41, 5.74) is 3.54. The molecule has 0 aliphatic carbocycles. The quantitative estimate of drug-likeness (QED) is 0.411. The largest absolute Gasteiger partial charge is 0.508 e. The maximum Gasteiger partial charge on any atom is 0.339 e. The highest BCUT2D eigenvalue weighted by Crippen LogP contribution is 2.38. The van der Waals surface area contributed by atoms with Gasteiger partial charge in [0.25, 0.3) is 0 Å². The van der Waals surface area contributed by atoms with Crippen LogP contribution >= 0.6 is 0 Å².